The van der Waals surface area contributed by atoms with Gasteiger partial charge in [-0.25, -0.2) is 0 Å². The van der Waals surface area contributed by atoms with Gasteiger partial charge >= 0.3 is 0 Å². The summed E-state index contributed by atoms with van der Waals surface area (Å²) < 4.78 is 5.38. The Morgan fingerprint density at radius 3 is 2.50 bits per heavy atom. The molecule has 20 heavy (non-hydrogen) atoms. The number of benzene rings is 1. The molecule has 1 saturated carbocycles. The standard InChI is InChI=1S/C16H24N2O2/c1-2-20-15-9-3-12(4-10-15)11-16(19)18-14-7-5-13(17)6-8-14/h3-4,9-10,13-14H,2,5-8,11,17H2,1H3,(H,18,19). The molecule has 0 unspecified atom stereocenters. The van der Waals surface area contributed by atoms with Gasteiger partial charge < -0.3 is 15.8 Å². The molecule has 1 aliphatic carbocycles. The van der Waals surface area contributed by atoms with Crippen LogP contribution in [0.25, 0.3) is 0 Å². The Bertz CT molecular complexity index is 423. The second-order valence-electron chi connectivity index (χ2n) is 5.43. The summed E-state index contributed by atoms with van der Waals surface area (Å²) in [7, 11) is 0. The maximum absolute atomic E-state index is 12.0. The summed E-state index contributed by atoms with van der Waals surface area (Å²) in [6.07, 6.45) is 4.43. The minimum absolute atomic E-state index is 0.0923. The zero-order valence-corrected chi connectivity index (χ0v) is 12.1. The normalized spacial score (nSPS) is 22.3. The molecular formula is C16H24N2O2. The molecule has 2 rings (SSSR count). The largest absolute Gasteiger partial charge is 0.494 e. The first-order valence-corrected chi connectivity index (χ1v) is 7.44. The van der Waals surface area contributed by atoms with E-state index in [0.717, 1.165) is 37.0 Å². The van der Waals surface area contributed by atoms with Gasteiger partial charge in [0, 0.05) is 12.1 Å². The van der Waals surface area contributed by atoms with Crippen molar-refractivity contribution in [2.24, 2.45) is 5.73 Å². The molecule has 4 heteroatoms. The van der Waals surface area contributed by atoms with Crippen LogP contribution < -0.4 is 15.8 Å². The Morgan fingerprint density at radius 1 is 1.25 bits per heavy atom. The van der Waals surface area contributed by atoms with Gasteiger partial charge in [-0.3, -0.25) is 4.79 Å². The van der Waals surface area contributed by atoms with E-state index in [-0.39, 0.29) is 5.91 Å². The summed E-state index contributed by atoms with van der Waals surface area (Å²) in [6.45, 7) is 2.61. The molecule has 1 aliphatic rings. The summed E-state index contributed by atoms with van der Waals surface area (Å²) in [5.41, 5.74) is 6.88. The number of hydrogen-bond donors (Lipinski definition) is 2. The highest BCUT2D eigenvalue weighted by atomic mass is 16.5. The first-order valence-electron chi connectivity index (χ1n) is 7.44. The highest BCUT2D eigenvalue weighted by Crippen LogP contribution is 2.17. The molecule has 0 aliphatic heterocycles. The molecule has 110 valence electrons. The Kier molecular flexibility index (Phi) is 5.41. The molecule has 0 bridgehead atoms. The van der Waals surface area contributed by atoms with Crippen molar-refractivity contribution >= 4 is 5.91 Å². The van der Waals surface area contributed by atoms with E-state index in [1.54, 1.807) is 0 Å². The molecule has 0 saturated heterocycles. The van der Waals surface area contributed by atoms with E-state index >= 15 is 0 Å². The van der Waals surface area contributed by atoms with E-state index in [2.05, 4.69) is 5.32 Å². The lowest BCUT2D eigenvalue weighted by Crippen LogP contribution is -2.41. The molecule has 3 N–H and O–H groups in total. The van der Waals surface area contributed by atoms with Crippen LogP contribution in [0.4, 0.5) is 0 Å². The highest BCUT2D eigenvalue weighted by molar-refractivity contribution is 5.78. The minimum atomic E-state index is 0.0923. The molecule has 0 aromatic heterocycles. The summed E-state index contributed by atoms with van der Waals surface area (Å²) in [4.78, 5) is 12.0. The molecule has 1 fully saturated rings. The fraction of sp³-hybridized carbons (Fsp3) is 0.562. The first kappa shape index (κ1) is 14.9. The molecule has 1 aromatic rings. The van der Waals surface area contributed by atoms with Gasteiger partial charge in [0.2, 0.25) is 5.91 Å². The van der Waals surface area contributed by atoms with Gasteiger partial charge in [-0.15, -0.1) is 0 Å². The number of ether oxygens (including phenoxy) is 1. The van der Waals surface area contributed by atoms with E-state index in [1.807, 2.05) is 31.2 Å². The average molecular weight is 276 g/mol. The van der Waals surface area contributed by atoms with Crippen LogP contribution in [0.2, 0.25) is 0 Å². The second-order valence-corrected chi connectivity index (χ2v) is 5.43. The number of carbonyl (C=O) groups is 1. The zero-order chi connectivity index (χ0) is 14.4. The van der Waals surface area contributed by atoms with E-state index in [1.165, 1.54) is 0 Å². The monoisotopic (exact) mass is 276 g/mol. The van der Waals surface area contributed by atoms with Crippen molar-refractivity contribution in [1.82, 2.24) is 5.32 Å². The van der Waals surface area contributed by atoms with Gasteiger partial charge in [0.1, 0.15) is 5.75 Å². The van der Waals surface area contributed by atoms with Crippen molar-refractivity contribution in [1.29, 1.82) is 0 Å². The number of rotatable bonds is 5. The van der Waals surface area contributed by atoms with Crippen molar-refractivity contribution in [3.8, 4) is 5.75 Å². The predicted molar refractivity (Wildman–Crippen MR) is 79.7 cm³/mol. The van der Waals surface area contributed by atoms with Crippen molar-refractivity contribution in [3.05, 3.63) is 29.8 Å². The number of nitrogens with two attached hydrogens (primary N) is 1. The number of carbonyl (C=O) groups excluding carboxylic acids is 1. The van der Waals surface area contributed by atoms with E-state index in [0.29, 0.717) is 25.1 Å². The van der Waals surface area contributed by atoms with Crippen LogP contribution in [0.5, 0.6) is 5.75 Å². The summed E-state index contributed by atoms with van der Waals surface area (Å²) in [5.74, 6) is 0.938. The Labute approximate surface area is 120 Å². The van der Waals surface area contributed by atoms with Crippen molar-refractivity contribution < 1.29 is 9.53 Å². The molecular weight excluding hydrogens is 252 g/mol. The summed E-state index contributed by atoms with van der Waals surface area (Å²) in [6, 6.07) is 8.32. The number of amides is 1. The van der Waals surface area contributed by atoms with Crippen LogP contribution in [0.1, 0.15) is 38.2 Å². The number of hydrogen-bond acceptors (Lipinski definition) is 3. The van der Waals surface area contributed by atoms with Crippen LogP contribution >= 0.6 is 0 Å². The topological polar surface area (TPSA) is 64.3 Å². The summed E-state index contributed by atoms with van der Waals surface area (Å²) >= 11 is 0. The smallest absolute Gasteiger partial charge is 0.224 e. The van der Waals surface area contributed by atoms with Crippen LogP contribution in [0, 0.1) is 0 Å². The fourth-order valence-corrected chi connectivity index (χ4v) is 2.60. The Hall–Kier alpha value is -1.55. The molecule has 0 heterocycles. The van der Waals surface area contributed by atoms with Gasteiger partial charge in [0.15, 0.2) is 0 Å². The lowest BCUT2D eigenvalue weighted by molar-refractivity contribution is -0.121. The van der Waals surface area contributed by atoms with Crippen LogP contribution in [0.15, 0.2) is 24.3 Å². The average Bonchev–Trinajstić information content (AvgIpc) is 2.44. The summed E-state index contributed by atoms with van der Waals surface area (Å²) in [5, 5.41) is 3.10. The van der Waals surface area contributed by atoms with Crippen LogP contribution in [0.3, 0.4) is 0 Å². The first-order chi connectivity index (χ1) is 9.67. The Morgan fingerprint density at radius 2 is 1.90 bits per heavy atom. The van der Waals surface area contributed by atoms with Crippen molar-refractivity contribution in [2.45, 2.75) is 51.1 Å². The number of nitrogens with one attached hydrogen (secondary N) is 1. The van der Waals surface area contributed by atoms with Crippen molar-refractivity contribution in [3.63, 3.8) is 0 Å². The molecule has 1 aromatic carbocycles. The zero-order valence-electron chi connectivity index (χ0n) is 12.1. The third-order valence-corrected chi connectivity index (χ3v) is 3.74. The van der Waals surface area contributed by atoms with Gasteiger partial charge in [-0.2, -0.15) is 0 Å². The van der Waals surface area contributed by atoms with Gasteiger partial charge in [0.05, 0.1) is 13.0 Å². The van der Waals surface area contributed by atoms with Gasteiger partial charge in [-0.05, 0) is 50.3 Å². The molecule has 0 radical (unpaired) electrons. The Balaban J connectivity index is 1.79. The lowest BCUT2D eigenvalue weighted by atomic mass is 9.91. The highest BCUT2D eigenvalue weighted by Gasteiger charge is 2.19. The quantitative estimate of drug-likeness (QED) is 0.864. The van der Waals surface area contributed by atoms with Gasteiger partial charge in [-0.1, -0.05) is 12.1 Å². The lowest BCUT2D eigenvalue weighted by Gasteiger charge is -2.26. The van der Waals surface area contributed by atoms with Crippen molar-refractivity contribution in [2.75, 3.05) is 6.61 Å². The van der Waals surface area contributed by atoms with Crippen LogP contribution in [-0.2, 0) is 11.2 Å². The maximum Gasteiger partial charge on any atom is 0.224 e. The molecule has 0 spiro atoms. The molecule has 4 nitrogen and oxygen atoms in total. The van der Waals surface area contributed by atoms with E-state index < -0.39 is 0 Å². The second kappa shape index (κ2) is 7.29. The third kappa shape index (κ3) is 4.53. The van der Waals surface area contributed by atoms with E-state index in [4.69, 9.17) is 10.5 Å². The molecule has 1 amide bonds. The fourth-order valence-electron chi connectivity index (χ4n) is 2.60. The third-order valence-electron chi connectivity index (χ3n) is 3.74. The van der Waals surface area contributed by atoms with Crippen LogP contribution in [-0.4, -0.2) is 24.6 Å². The predicted octanol–water partition coefficient (Wildman–Crippen LogP) is 2.01. The molecule has 0 atom stereocenters. The van der Waals surface area contributed by atoms with E-state index in [9.17, 15) is 4.79 Å². The maximum atomic E-state index is 12.0. The SMILES string of the molecule is CCOc1ccc(CC(=O)NC2CCC(N)CC2)cc1. The van der Waals surface area contributed by atoms with Gasteiger partial charge in [0.25, 0.3) is 0 Å². The minimum Gasteiger partial charge on any atom is -0.494 e.